The van der Waals surface area contributed by atoms with Gasteiger partial charge >= 0.3 is 0 Å². The molecule has 0 aromatic heterocycles. The van der Waals surface area contributed by atoms with E-state index in [1.54, 1.807) is 34.6 Å². The molecule has 2 fully saturated rings. The Kier molecular flexibility index (Phi) is 8.39. The number of carbonyl (C=O) groups excluding carboxylic acids is 1. The Bertz CT molecular complexity index is 1460. The first-order valence-electron chi connectivity index (χ1n) is 13.7. The molecule has 1 aliphatic carbocycles. The van der Waals surface area contributed by atoms with Gasteiger partial charge in [-0.25, -0.2) is 21.6 Å². The van der Waals surface area contributed by atoms with E-state index < -0.39 is 45.0 Å². The summed E-state index contributed by atoms with van der Waals surface area (Å²) < 4.78 is 69.4. The van der Waals surface area contributed by atoms with Crippen molar-refractivity contribution in [2.24, 2.45) is 5.73 Å². The van der Waals surface area contributed by atoms with Crippen LogP contribution in [0.2, 0.25) is 0 Å². The molecule has 3 aromatic rings. The van der Waals surface area contributed by atoms with E-state index >= 15 is 4.39 Å². The molecule has 0 radical (unpaired) electrons. The van der Waals surface area contributed by atoms with Crippen molar-refractivity contribution in [2.75, 3.05) is 19.3 Å². The second-order valence-electron chi connectivity index (χ2n) is 11.2. The van der Waals surface area contributed by atoms with E-state index in [1.807, 2.05) is 0 Å². The predicted molar refractivity (Wildman–Crippen MR) is 151 cm³/mol. The number of nitrogens with zero attached hydrogens (tertiary/aromatic N) is 1. The Labute approximate surface area is 238 Å². The van der Waals surface area contributed by atoms with E-state index in [1.165, 1.54) is 42.7 Å². The molecule has 41 heavy (non-hydrogen) atoms. The van der Waals surface area contributed by atoms with Gasteiger partial charge in [-0.2, -0.15) is 4.31 Å². The van der Waals surface area contributed by atoms with E-state index in [0.717, 1.165) is 12.8 Å². The minimum atomic E-state index is -3.46. The normalized spacial score (nSPS) is 19.4. The first-order chi connectivity index (χ1) is 19.5. The number of nitrogens with one attached hydrogen (secondary N) is 1. The Hall–Kier alpha value is -3.05. The summed E-state index contributed by atoms with van der Waals surface area (Å²) in [7, 11) is -3.46. The van der Waals surface area contributed by atoms with E-state index in [9.17, 15) is 22.0 Å². The maximum atomic E-state index is 15.2. The summed E-state index contributed by atoms with van der Waals surface area (Å²) in [5.74, 6) is -2.37. The average Bonchev–Trinajstić information content (AvgIpc) is 3.68. The lowest BCUT2D eigenvalue weighted by atomic mass is 9.82. The van der Waals surface area contributed by atoms with E-state index in [2.05, 4.69) is 5.32 Å². The maximum Gasteiger partial charge on any atom is 0.212 e. The molecular formula is C31H34F3N3O3S. The van der Waals surface area contributed by atoms with Crippen molar-refractivity contribution >= 4 is 15.8 Å². The summed E-state index contributed by atoms with van der Waals surface area (Å²) in [6.45, 7) is 1.08. The van der Waals surface area contributed by atoms with Crippen molar-refractivity contribution in [1.82, 2.24) is 9.62 Å². The SMILES string of the molecule is CS(=O)(=O)N1[C@@H](CCc2c(F)cccc2CC(=O)[C@@H](N)C(c2ccc(F)cc2)c2ccc(F)cc2)CNCC12CC2. The lowest BCUT2D eigenvalue weighted by molar-refractivity contribution is -0.119. The number of ketones is 1. The van der Waals surface area contributed by atoms with Crippen molar-refractivity contribution in [3.05, 3.63) is 106 Å². The molecule has 1 spiro atoms. The summed E-state index contributed by atoms with van der Waals surface area (Å²) in [6, 6.07) is 14.4. The number of carbonyl (C=O) groups is 1. The van der Waals surface area contributed by atoms with Crippen LogP contribution >= 0.6 is 0 Å². The monoisotopic (exact) mass is 585 g/mol. The second kappa shape index (κ2) is 11.7. The van der Waals surface area contributed by atoms with Gasteiger partial charge in [0.25, 0.3) is 0 Å². The fourth-order valence-corrected chi connectivity index (χ4v) is 7.87. The highest BCUT2D eigenvalue weighted by Crippen LogP contribution is 2.46. The highest BCUT2D eigenvalue weighted by molar-refractivity contribution is 7.88. The van der Waals surface area contributed by atoms with Crippen LogP contribution in [-0.2, 0) is 27.7 Å². The number of hydrogen-bond acceptors (Lipinski definition) is 5. The van der Waals surface area contributed by atoms with Crippen LogP contribution in [0.3, 0.4) is 0 Å². The first-order valence-corrected chi connectivity index (χ1v) is 15.6. The average molecular weight is 586 g/mol. The second-order valence-corrected chi connectivity index (χ2v) is 13.1. The lowest BCUT2D eigenvalue weighted by Gasteiger charge is -2.41. The van der Waals surface area contributed by atoms with Gasteiger partial charge in [0.1, 0.15) is 17.5 Å². The Balaban J connectivity index is 1.37. The van der Waals surface area contributed by atoms with Gasteiger partial charge in [-0.1, -0.05) is 36.4 Å². The van der Waals surface area contributed by atoms with Crippen LogP contribution in [0.4, 0.5) is 13.2 Å². The van der Waals surface area contributed by atoms with Crippen LogP contribution in [0, 0.1) is 17.5 Å². The molecule has 1 heterocycles. The van der Waals surface area contributed by atoms with Gasteiger partial charge in [0.15, 0.2) is 5.78 Å². The number of Topliss-reactive ketones (excluding diaryl/α,β-unsaturated/α-hetero) is 1. The van der Waals surface area contributed by atoms with Crippen LogP contribution in [0.1, 0.15) is 47.4 Å². The third kappa shape index (κ3) is 6.40. The molecule has 3 N–H and O–H groups in total. The van der Waals surface area contributed by atoms with Crippen molar-refractivity contribution in [1.29, 1.82) is 0 Å². The number of benzene rings is 3. The number of nitrogens with two attached hydrogens (primary N) is 1. The molecule has 1 saturated heterocycles. The van der Waals surface area contributed by atoms with Crippen molar-refractivity contribution in [2.45, 2.75) is 55.6 Å². The maximum absolute atomic E-state index is 15.2. The number of halogens is 3. The third-order valence-corrected chi connectivity index (χ3v) is 9.71. The van der Waals surface area contributed by atoms with E-state index in [0.29, 0.717) is 41.8 Å². The first kappa shape index (κ1) is 29.4. The van der Waals surface area contributed by atoms with Crippen molar-refractivity contribution in [3.63, 3.8) is 0 Å². The molecule has 6 nitrogen and oxygen atoms in total. The molecule has 5 rings (SSSR count). The molecule has 3 aromatic carbocycles. The van der Waals surface area contributed by atoms with Gasteiger partial charge in [0.2, 0.25) is 10.0 Å². The van der Waals surface area contributed by atoms with Crippen molar-refractivity contribution < 1.29 is 26.4 Å². The molecule has 2 aliphatic rings. The molecule has 2 atom stereocenters. The smallest absolute Gasteiger partial charge is 0.212 e. The Morgan fingerprint density at radius 1 is 1.00 bits per heavy atom. The van der Waals surface area contributed by atoms with Gasteiger partial charge in [-0.3, -0.25) is 4.79 Å². The number of sulfonamides is 1. The van der Waals surface area contributed by atoms with Crippen molar-refractivity contribution in [3.8, 4) is 0 Å². The molecule has 1 saturated carbocycles. The van der Waals surface area contributed by atoms with Crippen LogP contribution < -0.4 is 11.1 Å². The summed E-state index contributed by atoms with van der Waals surface area (Å²) in [5, 5.41) is 3.34. The topological polar surface area (TPSA) is 92.5 Å². The molecular weight excluding hydrogens is 551 g/mol. The number of rotatable bonds is 10. The van der Waals surface area contributed by atoms with Gasteiger partial charge in [0, 0.05) is 37.0 Å². The molecule has 0 amide bonds. The summed E-state index contributed by atoms with van der Waals surface area (Å²) in [6.07, 6.45) is 3.31. The van der Waals surface area contributed by atoms with E-state index in [4.69, 9.17) is 5.73 Å². The summed E-state index contributed by atoms with van der Waals surface area (Å²) in [4.78, 5) is 13.6. The van der Waals surface area contributed by atoms with Crippen LogP contribution in [-0.4, -0.2) is 55.5 Å². The number of hydrogen-bond donors (Lipinski definition) is 2. The Morgan fingerprint density at radius 2 is 1.59 bits per heavy atom. The largest absolute Gasteiger partial charge is 0.321 e. The zero-order chi connectivity index (χ0) is 29.4. The zero-order valence-corrected chi connectivity index (χ0v) is 23.6. The molecule has 1 aliphatic heterocycles. The number of piperazine rings is 1. The Morgan fingerprint density at radius 3 is 2.12 bits per heavy atom. The van der Waals surface area contributed by atoms with Gasteiger partial charge in [0.05, 0.1) is 12.3 Å². The van der Waals surface area contributed by atoms with Crippen LogP contribution in [0.5, 0.6) is 0 Å². The quantitative estimate of drug-likeness (QED) is 0.374. The van der Waals surface area contributed by atoms with Gasteiger partial charge < -0.3 is 11.1 Å². The standard InChI is InChI=1S/C31H34F3N3O3S/c1-41(39,40)37-25(18-36-19-31(37)15-16-31)13-14-26-22(3-2-4-27(26)34)17-28(38)30(35)29(20-5-9-23(32)10-6-20)21-7-11-24(33)12-8-21/h2-12,25,29-30,36H,13-19,35H2,1H3/t25-,30+/m0/s1. The molecule has 10 heteroatoms. The fraction of sp³-hybridized carbons (Fsp3) is 0.387. The third-order valence-electron chi connectivity index (χ3n) is 8.31. The van der Waals surface area contributed by atoms with E-state index in [-0.39, 0.29) is 24.7 Å². The predicted octanol–water partition coefficient (Wildman–Crippen LogP) is 4.07. The minimum absolute atomic E-state index is 0.143. The van der Waals surface area contributed by atoms with Crippen LogP contribution in [0.25, 0.3) is 0 Å². The molecule has 0 bridgehead atoms. The minimum Gasteiger partial charge on any atom is -0.321 e. The fourth-order valence-electron chi connectivity index (χ4n) is 6.20. The zero-order valence-electron chi connectivity index (χ0n) is 22.8. The highest BCUT2D eigenvalue weighted by atomic mass is 32.2. The summed E-state index contributed by atoms with van der Waals surface area (Å²) in [5.41, 5.74) is 8.16. The van der Waals surface area contributed by atoms with Gasteiger partial charge in [-0.05, 0) is 78.3 Å². The molecule has 0 unspecified atom stereocenters. The highest BCUT2D eigenvalue weighted by Gasteiger charge is 2.55. The van der Waals surface area contributed by atoms with Gasteiger partial charge in [-0.15, -0.1) is 0 Å². The lowest BCUT2D eigenvalue weighted by Crippen LogP contribution is -2.60. The summed E-state index contributed by atoms with van der Waals surface area (Å²) >= 11 is 0. The molecule has 218 valence electrons. The van der Waals surface area contributed by atoms with Crippen LogP contribution in [0.15, 0.2) is 66.7 Å².